The average molecular weight is 283 g/mol. The summed E-state index contributed by atoms with van der Waals surface area (Å²) in [5, 5.41) is 0. The lowest BCUT2D eigenvalue weighted by atomic mass is 9.99. The minimum atomic E-state index is -0.399. The minimum absolute atomic E-state index is 0.399. The first-order chi connectivity index (χ1) is 10.2. The second kappa shape index (κ2) is 6.70. The first-order valence-electron chi connectivity index (χ1n) is 6.52. The zero-order chi connectivity index (χ0) is 15.2. The predicted octanol–water partition coefficient (Wildman–Crippen LogP) is 3.25. The number of aryl methyl sites for hydroxylation is 1. The van der Waals surface area contributed by atoms with Crippen LogP contribution < -0.4 is 4.74 Å². The molecule has 0 atom stereocenters. The summed E-state index contributed by atoms with van der Waals surface area (Å²) in [4.78, 5) is 15.7. The molecule has 0 aliphatic carbocycles. The molecule has 0 fully saturated rings. The van der Waals surface area contributed by atoms with E-state index < -0.39 is 5.97 Å². The lowest BCUT2D eigenvalue weighted by Crippen LogP contribution is -1.98. The number of hydrogen-bond acceptors (Lipinski definition) is 4. The molecule has 0 unspecified atom stereocenters. The van der Waals surface area contributed by atoms with Crippen molar-refractivity contribution in [1.29, 1.82) is 0 Å². The first kappa shape index (κ1) is 14.8. The van der Waals surface area contributed by atoms with Crippen LogP contribution in [0.1, 0.15) is 11.3 Å². The zero-order valence-electron chi connectivity index (χ0n) is 12.3. The molecular weight excluding hydrogens is 266 g/mol. The lowest BCUT2D eigenvalue weighted by Gasteiger charge is -2.11. The molecule has 1 heterocycles. The van der Waals surface area contributed by atoms with Crippen LogP contribution in [0.3, 0.4) is 0 Å². The minimum Gasteiger partial charge on any atom is -0.481 e. The fraction of sp³-hybridized carbons (Fsp3) is 0.176. The molecule has 0 saturated heterocycles. The van der Waals surface area contributed by atoms with Gasteiger partial charge in [0, 0.05) is 23.4 Å². The number of nitrogens with zero attached hydrogens (tertiary/aromatic N) is 1. The van der Waals surface area contributed by atoms with Crippen molar-refractivity contribution in [3.05, 3.63) is 53.7 Å². The third kappa shape index (κ3) is 3.48. The van der Waals surface area contributed by atoms with Gasteiger partial charge >= 0.3 is 5.97 Å². The van der Waals surface area contributed by atoms with E-state index in [0.717, 1.165) is 22.4 Å². The van der Waals surface area contributed by atoms with E-state index in [-0.39, 0.29) is 0 Å². The number of methoxy groups -OCH3 is 2. The summed E-state index contributed by atoms with van der Waals surface area (Å²) in [7, 11) is 2.93. The second-order valence-electron chi connectivity index (χ2n) is 4.43. The van der Waals surface area contributed by atoms with E-state index in [2.05, 4.69) is 9.72 Å². The largest absolute Gasteiger partial charge is 0.481 e. The Morgan fingerprint density at radius 3 is 2.52 bits per heavy atom. The summed E-state index contributed by atoms with van der Waals surface area (Å²) < 4.78 is 9.86. The molecule has 0 amide bonds. The van der Waals surface area contributed by atoms with Gasteiger partial charge in [-0.1, -0.05) is 30.3 Å². The van der Waals surface area contributed by atoms with Gasteiger partial charge in [-0.25, -0.2) is 9.78 Å². The van der Waals surface area contributed by atoms with Crippen LogP contribution in [0.5, 0.6) is 5.88 Å². The molecule has 0 radical (unpaired) electrons. The number of hydrogen-bond donors (Lipinski definition) is 0. The van der Waals surface area contributed by atoms with Gasteiger partial charge in [0.1, 0.15) is 0 Å². The Labute approximate surface area is 124 Å². The number of pyridine rings is 1. The van der Waals surface area contributed by atoms with Gasteiger partial charge in [-0.3, -0.25) is 0 Å². The molecule has 0 N–H and O–H groups in total. The molecule has 0 aliphatic heterocycles. The molecule has 1 aromatic heterocycles. The summed E-state index contributed by atoms with van der Waals surface area (Å²) in [6.07, 6.45) is 3.11. The van der Waals surface area contributed by atoms with Crippen LogP contribution in [0, 0.1) is 6.92 Å². The van der Waals surface area contributed by atoms with Crippen molar-refractivity contribution in [3.63, 3.8) is 0 Å². The second-order valence-corrected chi connectivity index (χ2v) is 4.43. The van der Waals surface area contributed by atoms with E-state index >= 15 is 0 Å². The van der Waals surface area contributed by atoms with E-state index in [1.54, 1.807) is 13.2 Å². The third-order valence-corrected chi connectivity index (χ3v) is 3.11. The van der Waals surface area contributed by atoms with Gasteiger partial charge in [0.05, 0.1) is 14.2 Å². The number of rotatable bonds is 4. The zero-order valence-corrected chi connectivity index (χ0v) is 12.3. The average Bonchev–Trinajstić information content (AvgIpc) is 2.53. The molecule has 108 valence electrons. The van der Waals surface area contributed by atoms with E-state index in [1.165, 1.54) is 13.2 Å². The molecule has 1 aromatic carbocycles. The first-order valence-corrected chi connectivity index (χ1v) is 6.52. The topological polar surface area (TPSA) is 48.4 Å². The van der Waals surface area contributed by atoms with Crippen molar-refractivity contribution < 1.29 is 14.3 Å². The highest BCUT2D eigenvalue weighted by molar-refractivity contribution is 5.89. The summed E-state index contributed by atoms with van der Waals surface area (Å²) in [5.41, 5.74) is 3.65. The SMILES string of the molecule is COC(=O)/C=C/c1c(-c2ccccc2)cc(OC)nc1C. The van der Waals surface area contributed by atoms with Crippen molar-refractivity contribution in [3.8, 4) is 17.0 Å². The van der Waals surface area contributed by atoms with Crippen molar-refractivity contribution in [2.45, 2.75) is 6.92 Å². The van der Waals surface area contributed by atoms with Gasteiger partial charge in [0.2, 0.25) is 5.88 Å². The Morgan fingerprint density at radius 2 is 1.90 bits per heavy atom. The molecule has 0 aliphatic rings. The van der Waals surface area contributed by atoms with Crippen LogP contribution in [0.4, 0.5) is 0 Å². The number of aromatic nitrogens is 1. The summed E-state index contributed by atoms with van der Waals surface area (Å²) in [6, 6.07) is 11.8. The van der Waals surface area contributed by atoms with Crippen molar-refractivity contribution in [2.75, 3.05) is 14.2 Å². The highest BCUT2D eigenvalue weighted by atomic mass is 16.5. The van der Waals surface area contributed by atoms with Crippen LogP contribution in [-0.4, -0.2) is 25.2 Å². The predicted molar refractivity (Wildman–Crippen MR) is 82.0 cm³/mol. The fourth-order valence-electron chi connectivity index (χ4n) is 2.04. The maximum atomic E-state index is 11.3. The van der Waals surface area contributed by atoms with Crippen LogP contribution >= 0.6 is 0 Å². The van der Waals surface area contributed by atoms with E-state index in [9.17, 15) is 4.79 Å². The Balaban J connectivity index is 2.57. The van der Waals surface area contributed by atoms with Gasteiger partial charge in [-0.05, 0) is 24.1 Å². The molecule has 21 heavy (non-hydrogen) atoms. The van der Waals surface area contributed by atoms with Gasteiger partial charge in [-0.15, -0.1) is 0 Å². The van der Waals surface area contributed by atoms with Gasteiger partial charge < -0.3 is 9.47 Å². The monoisotopic (exact) mass is 283 g/mol. The molecule has 4 nitrogen and oxygen atoms in total. The normalized spacial score (nSPS) is 10.6. The van der Waals surface area contributed by atoms with Gasteiger partial charge in [0.25, 0.3) is 0 Å². The maximum Gasteiger partial charge on any atom is 0.330 e. The van der Waals surface area contributed by atoms with E-state index in [1.807, 2.05) is 43.3 Å². The molecule has 0 spiro atoms. The third-order valence-electron chi connectivity index (χ3n) is 3.11. The van der Waals surface area contributed by atoms with Crippen molar-refractivity contribution in [2.24, 2.45) is 0 Å². The van der Waals surface area contributed by atoms with Gasteiger partial charge in [0.15, 0.2) is 0 Å². The van der Waals surface area contributed by atoms with Crippen LogP contribution in [0.15, 0.2) is 42.5 Å². The fourth-order valence-corrected chi connectivity index (χ4v) is 2.04. The van der Waals surface area contributed by atoms with Crippen LogP contribution in [-0.2, 0) is 9.53 Å². The summed E-state index contributed by atoms with van der Waals surface area (Å²) in [5.74, 6) is 0.144. The highest BCUT2D eigenvalue weighted by Crippen LogP contribution is 2.29. The molecule has 0 bridgehead atoms. The highest BCUT2D eigenvalue weighted by Gasteiger charge is 2.10. The van der Waals surface area contributed by atoms with Gasteiger partial charge in [-0.2, -0.15) is 0 Å². The lowest BCUT2D eigenvalue weighted by molar-refractivity contribution is -0.134. The summed E-state index contributed by atoms with van der Waals surface area (Å²) in [6.45, 7) is 1.88. The van der Waals surface area contributed by atoms with Crippen LogP contribution in [0.25, 0.3) is 17.2 Å². The summed E-state index contributed by atoms with van der Waals surface area (Å²) >= 11 is 0. The Kier molecular flexibility index (Phi) is 4.72. The quantitative estimate of drug-likeness (QED) is 0.638. The number of carbonyl (C=O) groups is 1. The standard InChI is InChI=1S/C17H17NO3/c1-12-14(9-10-17(19)21-3)15(11-16(18-12)20-2)13-7-5-4-6-8-13/h4-11H,1-3H3/b10-9+. The molecule has 4 heteroatoms. The number of ether oxygens (including phenoxy) is 2. The smallest absolute Gasteiger partial charge is 0.330 e. The van der Waals surface area contributed by atoms with Crippen molar-refractivity contribution >= 4 is 12.0 Å². The molecule has 2 aromatic rings. The maximum absolute atomic E-state index is 11.3. The Morgan fingerprint density at radius 1 is 1.19 bits per heavy atom. The van der Waals surface area contributed by atoms with Crippen molar-refractivity contribution in [1.82, 2.24) is 4.98 Å². The Bertz CT molecular complexity index is 663. The molecule has 2 rings (SSSR count). The van der Waals surface area contributed by atoms with E-state index in [4.69, 9.17) is 4.74 Å². The molecule has 0 saturated carbocycles. The number of benzene rings is 1. The van der Waals surface area contributed by atoms with Crippen LogP contribution in [0.2, 0.25) is 0 Å². The van der Waals surface area contributed by atoms with E-state index in [0.29, 0.717) is 5.88 Å². The number of esters is 1. The number of carbonyl (C=O) groups excluding carboxylic acids is 1. The Hall–Kier alpha value is -2.62. The molecular formula is C17H17NO3.